The molecule has 0 radical (unpaired) electrons. The van der Waals surface area contributed by atoms with Gasteiger partial charge in [-0.1, -0.05) is 5.10 Å². The van der Waals surface area contributed by atoms with Crippen molar-refractivity contribution in [3.63, 3.8) is 0 Å². The molecule has 1 heterocycles. The number of benzene rings is 1. The molecule has 2 N–H and O–H groups in total. The number of H-pyrrole nitrogens is 1. The van der Waals surface area contributed by atoms with Crippen LogP contribution in [0.5, 0.6) is 17.2 Å². The van der Waals surface area contributed by atoms with Gasteiger partial charge in [-0.15, -0.1) is 5.10 Å². The largest absolute Gasteiger partial charge is 0.493 e. The molecule has 0 aliphatic rings. The van der Waals surface area contributed by atoms with Crippen LogP contribution in [0.1, 0.15) is 5.56 Å². The summed E-state index contributed by atoms with van der Waals surface area (Å²) in [6.07, 6.45) is 1.57. The van der Waals surface area contributed by atoms with E-state index in [9.17, 15) is 0 Å². The van der Waals surface area contributed by atoms with Gasteiger partial charge in [0.15, 0.2) is 11.5 Å². The van der Waals surface area contributed by atoms with E-state index in [1.165, 1.54) is 0 Å². The van der Waals surface area contributed by atoms with Gasteiger partial charge in [-0.3, -0.25) is 0 Å². The van der Waals surface area contributed by atoms with Gasteiger partial charge in [0.1, 0.15) is 0 Å². The SMILES string of the molecule is COc1cc(C=NNc2nn[nH]n2)cc(OC)c1OC. The molecule has 0 unspecified atom stereocenters. The molecule has 9 heteroatoms. The lowest BCUT2D eigenvalue weighted by Gasteiger charge is -2.12. The highest BCUT2D eigenvalue weighted by atomic mass is 16.5. The predicted octanol–water partition coefficient (Wildman–Crippen LogP) is 0.671. The van der Waals surface area contributed by atoms with E-state index < -0.39 is 0 Å². The summed E-state index contributed by atoms with van der Waals surface area (Å²) in [7, 11) is 4.65. The third-order valence-electron chi connectivity index (χ3n) is 2.41. The van der Waals surface area contributed by atoms with E-state index in [0.29, 0.717) is 17.2 Å². The van der Waals surface area contributed by atoms with E-state index in [0.717, 1.165) is 5.56 Å². The summed E-state index contributed by atoms with van der Waals surface area (Å²) < 4.78 is 15.7. The lowest BCUT2D eigenvalue weighted by molar-refractivity contribution is 0.324. The normalized spacial score (nSPS) is 10.6. The van der Waals surface area contributed by atoms with Gasteiger partial charge in [-0.25, -0.2) is 5.43 Å². The first-order valence-corrected chi connectivity index (χ1v) is 5.61. The zero-order chi connectivity index (χ0) is 14.4. The van der Waals surface area contributed by atoms with Gasteiger partial charge in [0, 0.05) is 5.56 Å². The molecule has 0 bridgehead atoms. The van der Waals surface area contributed by atoms with Crippen LogP contribution in [0.2, 0.25) is 0 Å². The Morgan fingerprint density at radius 2 is 1.85 bits per heavy atom. The molecule has 2 aromatic rings. The maximum absolute atomic E-state index is 5.24. The molecule has 0 atom stereocenters. The third kappa shape index (κ3) is 2.94. The van der Waals surface area contributed by atoms with Gasteiger partial charge in [0.05, 0.1) is 27.5 Å². The van der Waals surface area contributed by atoms with Crippen molar-refractivity contribution in [3.05, 3.63) is 17.7 Å². The summed E-state index contributed by atoms with van der Waals surface area (Å²) in [6, 6.07) is 3.53. The topological polar surface area (TPSA) is 107 Å². The molecule has 20 heavy (non-hydrogen) atoms. The monoisotopic (exact) mass is 278 g/mol. The molecule has 1 aromatic carbocycles. The lowest BCUT2D eigenvalue weighted by atomic mass is 10.2. The van der Waals surface area contributed by atoms with Crippen molar-refractivity contribution in [2.45, 2.75) is 0 Å². The molecular weight excluding hydrogens is 264 g/mol. The van der Waals surface area contributed by atoms with Crippen LogP contribution in [0.25, 0.3) is 0 Å². The van der Waals surface area contributed by atoms with Crippen molar-refractivity contribution in [2.24, 2.45) is 5.10 Å². The molecule has 9 nitrogen and oxygen atoms in total. The molecule has 106 valence electrons. The molecule has 0 spiro atoms. The fraction of sp³-hybridized carbons (Fsp3) is 0.273. The minimum atomic E-state index is 0.272. The van der Waals surface area contributed by atoms with Crippen molar-refractivity contribution < 1.29 is 14.2 Å². The average molecular weight is 278 g/mol. The molecule has 0 saturated heterocycles. The minimum absolute atomic E-state index is 0.272. The number of hydrazone groups is 1. The summed E-state index contributed by atoms with van der Waals surface area (Å²) in [4.78, 5) is 0. The van der Waals surface area contributed by atoms with Crippen molar-refractivity contribution in [2.75, 3.05) is 26.8 Å². The number of methoxy groups -OCH3 is 3. The predicted molar refractivity (Wildman–Crippen MR) is 71.5 cm³/mol. The zero-order valence-corrected chi connectivity index (χ0v) is 11.2. The molecule has 0 amide bonds. The number of tetrazole rings is 1. The number of hydrogen-bond donors (Lipinski definition) is 2. The summed E-state index contributed by atoms with van der Waals surface area (Å²) in [5, 5.41) is 17.1. The molecule has 0 aliphatic heterocycles. The molecule has 0 fully saturated rings. The van der Waals surface area contributed by atoms with E-state index in [2.05, 4.69) is 31.2 Å². The highest BCUT2D eigenvalue weighted by Gasteiger charge is 2.12. The van der Waals surface area contributed by atoms with Crippen LogP contribution >= 0.6 is 0 Å². The first-order valence-electron chi connectivity index (χ1n) is 5.61. The minimum Gasteiger partial charge on any atom is -0.493 e. The maximum Gasteiger partial charge on any atom is 0.283 e. The molecule has 0 aliphatic carbocycles. The fourth-order valence-corrected chi connectivity index (χ4v) is 1.55. The molecule has 2 rings (SSSR count). The lowest BCUT2D eigenvalue weighted by Crippen LogP contribution is -1.98. The number of rotatable bonds is 6. The van der Waals surface area contributed by atoms with Crippen LogP contribution in [-0.2, 0) is 0 Å². The second-order valence-corrected chi connectivity index (χ2v) is 3.56. The second kappa shape index (κ2) is 6.36. The van der Waals surface area contributed by atoms with Gasteiger partial charge in [0.2, 0.25) is 5.75 Å². The van der Waals surface area contributed by atoms with E-state index in [-0.39, 0.29) is 5.95 Å². The Morgan fingerprint density at radius 1 is 1.15 bits per heavy atom. The van der Waals surface area contributed by atoms with Crippen LogP contribution in [-0.4, -0.2) is 48.2 Å². The number of aromatic amines is 1. The van der Waals surface area contributed by atoms with Crippen molar-refractivity contribution in [1.29, 1.82) is 0 Å². The van der Waals surface area contributed by atoms with Crippen molar-refractivity contribution >= 4 is 12.2 Å². The summed E-state index contributed by atoms with van der Waals surface area (Å²) in [5.41, 5.74) is 3.38. The van der Waals surface area contributed by atoms with Gasteiger partial charge in [-0.2, -0.15) is 10.3 Å². The Labute approximate surface area is 114 Å². The average Bonchev–Trinajstić information content (AvgIpc) is 2.99. The Bertz CT molecular complexity index is 559. The van der Waals surface area contributed by atoms with Crippen LogP contribution in [0.4, 0.5) is 5.95 Å². The third-order valence-corrected chi connectivity index (χ3v) is 2.41. The van der Waals surface area contributed by atoms with Crippen LogP contribution in [0.3, 0.4) is 0 Å². The number of ether oxygens (including phenoxy) is 3. The van der Waals surface area contributed by atoms with Gasteiger partial charge in [-0.05, 0) is 17.3 Å². The highest BCUT2D eigenvalue weighted by Crippen LogP contribution is 2.37. The van der Waals surface area contributed by atoms with E-state index in [1.54, 1.807) is 39.7 Å². The summed E-state index contributed by atoms with van der Waals surface area (Å²) in [5.74, 6) is 1.90. The first kappa shape index (κ1) is 13.6. The number of aromatic nitrogens is 4. The molecule has 0 saturated carbocycles. The number of anilines is 1. The van der Waals surface area contributed by atoms with Crippen LogP contribution < -0.4 is 19.6 Å². The molecular formula is C11H14N6O3. The maximum atomic E-state index is 5.24. The van der Waals surface area contributed by atoms with E-state index in [4.69, 9.17) is 14.2 Å². The Balaban J connectivity index is 2.21. The molecule has 1 aromatic heterocycles. The second-order valence-electron chi connectivity index (χ2n) is 3.56. The smallest absolute Gasteiger partial charge is 0.283 e. The van der Waals surface area contributed by atoms with Crippen LogP contribution in [0, 0.1) is 0 Å². The number of hydrogen-bond acceptors (Lipinski definition) is 8. The Hall–Kier alpha value is -2.84. The van der Waals surface area contributed by atoms with Gasteiger partial charge >= 0.3 is 0 Å². The van der Waals surface area contributed by atoms with Gasteiger partial charge < -0.3 is 14.2 Å². The van der Waals surface area contributed by atoms with Crippen molar-refractivity contribution in [3.8, 4) is 17.2 Å². The quantitative estimate of drug-likeness (QED) is 0.590. The number of nitrogens with zero attached hydrogens (tertiary/aromatic N) is 4. The van der Waals surface area contributed by atoms with E-state index >= 15 is 0 Å². The van der Waals surface area contributed by atoms with Crippen LogP contribution in [0.15, 0.2) is 17.2 Å². The summed E-state index contributed by atoms with van der Waals surface area (Å²) >= 11 is 0. The Morgan fingerprint density at radius 3 is 2.35 bits per heavy atom. The van der Waals surface area contributed by atoms with Gasteiger partial charge in [0.25, 0.3) is 5.95 Å². The van der Waals surface area contributed by atoms with E-state index in [1.807, 2.05) is 0 Å². The fourth-order valence-electron chi connectivity index (χ4n) is 1.55. The van der Waals surface area contributed by atoms with Crippen molar-refractivity contribution in [1.82, 2.24) is 20.6 Å². The Kier molecular flexibility index (Phi) is 4.32. The summed E-state index contributed by atoms with van der Waals surface area (Å²) in [6.45, 7) is 0. The first-order chi connectivity index (χ1) is 9.78. The highest BCUT2D eigenvalue weighted by molar-refractivity contribution is 5.82. The number of nitrogens with one attached hydrogen (secondary N) is 2. The standard InChI is InChI=1S/C11H14N6O3/c1-18-8-4-7(5-9(19-2)10(8)20-3)6-12-13-11-14-16-17-15-11/h4-6H,1-3H3,(H2,13,14,15,16,17). The zero-order valence-electron chi connectivity index (χ0n) is 11.2.